The second-order valence-corrected chi connectivity index (χ2v) is 8.57. The van der Waals surface area contributed by atoms with E-state index >= 15 is 0 Å². The Bertz CT molecular complexity index is 925. The molecule has 5 nitrogen and oxygen atoms in total. The average molecular weight is 392 g/mol. The Kier molecular flexibility index (Phi) is 5.31. The van der Waals surface area contributed by atoms with Gasteiger partial charge >= 0.3 is 0 Å². The number of primary amides is 1. The Labute approximate surface area is 172 Å². The second-order valence-electron chi connectivity index (χ2n) is 8.57. The molecule has 152 valence electrons. The highest BCUT2D eigenvalue weighted by Gasteiger charge is 2.41. The van der Waals surface area contributed by atoms with Crippen LogP contribution < -0.4 is 10.6 Å². The van der Waals surface area contributed by atoms with Crippen LogP contribution in [0.3, 0.4) is 0 Å². The predicted octanol–water partition coefficient (Wildman–Crippen LogP) is 2.93. The fraction of sp³-hybridized carbons (Fsp3) is 0.417. The van der Waals surface area contributed by atoms with Crippen molar-refractivity contribution in [3.05, 3.63) is 64.7 Å². The number of carbonyl (C=O) groups excluding carboxylic acids is 2. The molecule has 2 amide bonds. The van der Waals surface area contributed by atoms with Crippen LogP contribution in [0.1, 0.15) is 33.5 Å². The molecule has 2 heterocycles. The fourth-order valence-corrected chi connectivity index (χ4v) is 4.60. The summed E-state index contributed by atoms with van der Waals surface area (Å²) < 4.78 is 0. The van der Waals surface area contributed by atoms with Crippen LogP contribution in [0.4, 0.5) is 5.69 Å². The van der Waals surface area contributed by atoms with E-state index < -0.39 is 0 Å². The summed E-state index contributed by atoms with van der Waals surface area (Å²) in [5.74, 6) is 0.918. The minimum Gasteiger partial charge on any atom is -0.371 e. The number of likely N-dealkylation sites (tertiary alicyclic amines) is 1. The first-order chi connectivity index (χ1) is 13.9. The van der Waals surface area contributed by atoms with Crippen LogP contribution in [-0.2, 0) is 11.2 Å². The molecule has 5 heteroatoms. The SMILES string of the molecule is Cc1ccc(C(=O)N2CC3CN(c4cccc(CCC(N)=O)c4)CC3C2)cc1C. The zero-order chi connectivity index (χ0) is 20.5. The highest BCUT2D eigenvalue weighted by molar-refractivity contribution is 5.94. The van der Waals surface area contributed by atoms with Crippen LogP contribution >= 0.6 is 0 Å². The van der Waals surface area contributed by atoms with Gasteiger partial charge in [0, 0.05) is 55.7 Å². The summed E-state index contributed by atoms with van der Waals surface area (Å²) in [6, 6.07) is 14.4. The second kappa shape index (κ2) is 7.90. The molecule has 2 atom stereocenters. The van der Waals surface area contributed by atoms with E-state index in [4.69, 9.17) is 5.73 Å². The Morgan fingerprint density at radius 2 is 1.69 bits per heavy atom. The molecule has 4 rings (SSSR count). The first-order valence-corrected chi connectivity index (χ1v) is 10.4. The third-order valence-electron chi connectivity index (χ3n) is 6.46. The third-order valence-corrected chi connectivity index (χ3v) is 6.46. The van der Waals surface area contributed by atoms with Gasteiger partial charge < -0.3 is 15.5 Å². The maximum absolute atomic E-state index is 12.9. The number of hydrogen-bond donors (Lipinski definition) is 1. The molecule has 2 fully saturated rings. The highest BCUT2D eigenvalue weighted by atomic mass is 16.2. The van der Waals surface area contributed by atoms with Gasteiger partial charge in [-0.25, -0.2) is 0 Å². The lowest BCUT2D eigenvalue weighted by atomic mass is 10.0. The van der Waals surface area contributed by atoms with E-state index in [-0.39, 0.29) is 11.8 Å². The van der Waals surface area contributed by atoms with E-state index in [1.165, 1.54) is 11.3 Å². The number of nitrogens with zero attached hydrogens (tertiary/aromatic N) is 2. The molecule has 2 aromatic carbocycles. The van der Waals surface area contributed by atoms with Crippen molar-refractivity contribution in [1.82, 2.24) is 4.90 Å². The van der Waals surface area contributed by atoms with Crippen molar-refractivity contribution in [2.75, 3.05) is 31.1 Å². The van der Waals surface area contributed by atoms with E-state index in [9.17, 15) is 9.59 Å². The van der Waals surface area contributed by atoms with Crippen LogP contribution in [0.2, 0.25) is 0 Å². The molecule has 0 spiro atoms. The molecular formula is C24H29N3O2. The van der Waals surface area contributed by atoms with Gasteiger partial charge in [0.05, 0.1) is 0 Å². The summed E-state index contributed by atoms with van der Waals surface area (Å²) in [5, 5.41) is 0. The highest BCUT2D eigenvalue weighted by Crippen LogP contribution is 2.35. The molecule has 2 aliphatic rings. The largest absolute Gasteiger partial charge is 0.371 e. The Balaban J connectivity index is 1.39. The number of nitrogens with two attached hydrogens (primary N) is 1. The molecule has 2 unspecified atom stereocenters. The van der Waals surface area contributed by atoms with Gasteiger partial charge in [-0.05, 0) is 61.2 Å². The number of hydrogen-bond acceptors (Lipinski definition) is 3. The number of rotatable bonds is 5. The van der Waals surface area contributed by atoms with E-state index in [1.807, 2.05) is 29.2 Å². The molecule has 2 saturated heterocycles. The van der Waals surface area contributed by atoms with E-state index in [1.54, 1.807) is 0 Å². The van der Waals surface area contributed by atoms with Crippen LogP contribution in [0, 0.1) is 25.7 Å². The number of anilines is 1. The lowest BCUT2D eigenvalue weighted by Gasteiger charge is -2.24. The van der Waals surface area contributed by atoms with Crippen molar-refractivity contribution < 1.29 is 9.59 Å². The number of aryl methyl sites for hydroxylation is 3. The monoisotopic (exact) mass is 391 g/mol. The van der Waals surface area contributed by atoms with Gasteiger partial charge in [-0.2, -0.15) is 0 Å². The van der Waals surface area contributed by atoms with Crippen molar-refractivity contribution in [3.63, 3.8) is 0 Å². The van der Waals surface area contributed by atoms with Gasteiger partial charge in [0.2, 0.25) is 5.91 Å². The smallest absolute Gasteiger partial charge is 0.253 e. The maximum Gasteiger partial charge on any atom is 0.253 e. The van der Waals surface area contributed by atoms with Crippen molar-refractivity contribution in [2.24, 2.45) is 17.6 Å². The van der Waals surface area contributed by atoms with Gasteiger partial charge in [-0.1, -0.05) is 18.2 Å². The zero-order valence-electron chi connectivity index (χ0n) is 17.2. The number of carbonyl (C=O) groups is 2. The lowest BCUT2D eigenvalue weighted by Crippen LogP contribution is -2.33. The topological polar surface area (TPSA) is 66.6 Å². The lowest BCUT2D eigenvalue weighted by molar-refractivity contribution is -0.117. The summed E-state index contributed by atoms with van der Waals surface area (Å²) in [7, 11) is 0. The number of amides is 2. The molecular weight excluding hydrogens is 362 g/mol. The van der Waals surface area contributed by atoms with Gasteiger partial charge in [-0.3, -0.25) is 9.59 Å². The quantitative estimate of drug-likeness (QED) is 0.852. The summed E-state index contributed by atoms with van der Waals surface area (Å²) in [4.78, 5) is 28.4. The van der Waals surface area contributed by atoms with Gasteiger partial charge in [0.25, 0.3) is 5.91 Å². The normalized spacial score (nSPS) is 20.8. The maximum atomic E-state index is 12.9. The van der Waals surface area contributed by atoms with Crippen LogP contribution in [0.25, 0.3) is 0 Å². The standard InChI is InChI=1S/C24H29N3O2/c1-16-6-8-19(10-17(16)2)24(29)27-14-20-12-26(13-21(20)15-27)22-5-3-4-18(11-22)7-9-23(25)28/h3-6,8,10-11,20-21H,7,9,12-15H2,1-2H3,(H2,25,28). The minimum absolute atomic E-state index is 0.155. The van der Waals surface area contributed by atoms with Crippen molar-refractivity contribution in [1.29, 1.82) is 0 Å². The number of fused-ring (bicyclic) bond motifs is 1. The third kappa shape index (κ3) is 4.14. The molecule has 0 bridgehead atoms. The van der Waals surface area contributed by atoms with E-state index in [0.29, 0.717) is 24.7 Å². The first-order valence-electron chi connectivity index (χ1n) is 10.4. The van der Waals surface area contributed by atoms with Crippen LogP contribution in [-0.4, -0.2) is 42.9 Å². The molecule has 2 N–H and O–H groups in total. The Morgan fingerprint density at radius 1 is 0.966 bits per heavy atom. The predicted molar refractivity (Wildman–Crippen MR) is 115 cm³/mol. The molecule has 0 aromatic heterocycles. The van der Waals surface area contributed by atoms with Gasteiger partial charge in [0.15, 0.2) is 0 Å². The van der Waals surface area contributed by atoms with Crippen molar-refractivity contribution >= 4 is 17.5 Å². The summed E-state index contributed by atoms with van der Waals surface area (Å²) >= 11 is 0. The van der Waals surface area contributed by atoms with Crippen molar-refractivity contribution in [3.8, 4) is 0 Å². The minimum atomic E-state index is -0.264. The molecule has 2 aliphatic heterocycles. The summed E-state index contributed by atoms with van der Waals surface area (Å²) in [5.41, 5.74) is 10.8. The van der Waals surface area contributed by atoms with Crippen LogP contribution in [0.5, 0.6) is 0 Å². The Hall–Kier alpha value is -2.82. The summed E-state index contributed by atoms with van der Waals surface area (Å²) in [6.45, 7) is 7.73. The molecule has 0 aliphatic carbocycles. The average Bonchev–Trinajstić information content (AvgIpc) is 3.27. The van der Waals surface area contributed by atoms with E-state index in [0.717, 1.165) is 42.9 Å². The first kappa shape index (κ1) is 19.5. The number of benzene rings is 2. The molecule has 2 aromatic rings. The molecule has 29 heavy (non-hydrogen) atoms. The zero-order valence-corrected chi connectivity index (χ0v) is 17.2. The van der Waals surface area contributed by atoms with E-state index in [2.05, 4.69) is 36.9 Å². The van der Waals surface area contributed by atoms with Gasteiger partial charge in [-0.15, -0.1) is 0 Å². The molecule has 0 saturated carbocycles. The van der Waals surface area contributed by atoms with Crippen molar-refractivity contribution in [2.45, 2.75) is 26.7 Å². The summed E-state index contributed by atoms with van der Waals surface area (Å²) in [6.07, 6.45) is 1.06. The van der Waals surface area contributed by atoms with Gasteiger partial charge in [0.1, 0.15) is 0 Å². The Morgan fingerprint density at radius 3 is 2.34 bits per heavy atom. The fourth-order valence-electron chi connectivity index (χ4n) is 4.60. The molecule has 0 radical (unpaired) electrons. The van der Waals surface area contributed by atoms with Crippen LogP contribution in [0.15, 0.2) is 42.5 Å².